The van der Waals surface area contributed by atoms with Gasteiger partial charge in [-0.25, -0.2) is 0 Å². The molecule has 1 aromatic rings. The summed E-state index contributed by atoms with van der Waals surface area (Å²) in [5.41, 5.74) is 0.252. The average molecular weight is 264 g/mol. The van der Waals surface area contributed by atoms with Crippen molar-refractivity contribution in [2.75, 3.05) is 11.5 Å². The molecule has 1 aromatic carbocycles. The van der Waals surface area contributed by atoms with E-state index in [-0.39, 0.29) is 6.10 Å². The molecule has 0 spiro atoms. The maximum atomic E-state index is 11.3. The number of hydrogen-bond acceptors (Lipinski definition) is 3. The molecule has 0 bridgehead atoms. The van der Waals surface area contributed by atoms with Gasteiger partial charge in [-0.2, -0.15) is 11.8 Å². The van der Waals surface area contributed by atoms with Crippen molar-refractivity contribution in [2.24, 2.45) is 0 Å². The topological polar surface area (TPSA) is 46.5 Å². The summed E-state index contributed by atoms with van der Waals surface area (Å²) in [7, 11) is 0. The van der Waals surface area contributed by atoms with Gasteiger partial charge in [-0.15, -0.1) is 0 Å². The zero-order chi connectivity index (χ0) is 12.6. The summed E-state index contributed by atoms with van der Waals surface area (Å²) in [4.78, 5) is 11.3. The number of ether oxygens (including phenoxy) is 1. The maximum Gasteiger partial charge on any atom is 0.314 e. The number of carboxylic acid groups (broad SMARTS) is 1. The Labute approximate surface area is 111 Å². The number of carboxylic acids is 1. The van der Waals surface area contributed by atoms with Crippen molar-refractivity contribution >= 4 is 17.7 Å². The van der Waals surface area contributed by atoms with E-state index in [4.69, 9.17) is 4.74 Å². The normalized spacial score (nSPS) is 24.8. The van der Waals surface area contributed by atoms with Crippen molar-refractivity contribution in [2.45, 2.75) is 30.8 Å². The minimum atomic E-state index is -0.712. The first-order chi connectivity index (χ1) is 8.71. The second-order valence-electron chi connectivity index (χ2n) is 5.02. The van der Waals surface area contributed by atoms with Crippen LogP contribution in [-0.2, 0) is 10.2 Å². The van der Waals surface area contributed by atoms with Crippen LogP contribution in [0, 0.1) is 0 Å². The molecule has 0 aromatic heterocycles. The predicted molar refractivity (Wildman–Crippen MR) is 71.3 cm³/mol. The van der Waals surface area contributed by atoms with Crippen LogP contribution < -0.4 is 4.74 Å². The highest BCUT2D eigenvalue weighted by molar-refractivity contribution is 7.99. The van der Waals surface area contributed by atoms with Crippen molar-refractivity contribution in [3.8, 4) is 5.75 Å². The van der Waals surface area contributed by atoms with Crippen molar-refractivity contribution in [1.82, 2.24) is 0 Å². The smallest absolute Gasteiger partial charge is 0.314 e. The quantitative estimate of drug-likeness (QED) is 0.908. The zero-order valence-electron chi connectivity index (χ0n) is 10.1. The molecule has 3 rings (SSSR count). The van der Waals surface area contributed by atoms with E-state index in [0.717, 1.165) is 42.1 Å². The third-order valence-electron chi connectivity index (χ3n) is 3.74. The van der Waals surface area contributed by atoms with Gasteiger partial charge in [-0.3, -0.25) is 4.79 Å². The molecular formula is C14H16O3S. The van der Waals surface area contributed by atoms with Gasteiger partial charge in [0.15, 0.2) is 0 Å². The molecule has 1 saturated carbocycles. The lowest BCUT2D eigenvalue weighted by Crippen LogP contribution is -2.20. The summed E-state index contributed by atoms with van der Waals surface area (Å²) >= 11 is 1.91. The largest absolute Gasteiger partial charge is 0.490 e. The lowest BCUT2D eigenvalue weighted by molar-refractivity contribution is -0.140. The SMILES string of the molecule is O=C(O)C1(c2cccc(OC3CCSC3)c2)CC1. The predicted octanol–water partition coefficient (Wildman–Crippen LogP) is 2.69. The molecule has 1 saturated heterocycles. The number of hydrogen-bond donors (Lipinski definition) is 1. The molecule has 4 heteroatoms. The van der Waals surface area contributed by atoms with Crippen LogP contribution in [0.15, 0.2) is 24.3 Å². The second-order valence-corrected chi connectivity index (χ2v) is 6.17. The van der Waals surface area contributed by atoms with Gasteiger partial charge >= 0.3 is 5.97 Å². The summed E-state index contributed by atoms with van der Waals surface area (Å²) < 4.78 is 5.90. The van der Waals surface area contributed by atoms with Gasteiger partial charge in [0.25, 0.3) is 0 Å². The Kier molecular flexibility index (Phi) is 2.98. The van der Waals surface area contributed by atoms with Crippen LogP contribution in [0.1, 0.15) is 24.8 Å². The molecule has 0 radical (unpaired) electrons. The van der Waals surface area contributed by atoms with E-state index < -0.39 is 11.4 Å². The number of benzene rings is 1. The molecular weight excluding hydrogens is 248 g/mol. The van der Waals surface area contributed by atoms with Gasteiger partial charge in [0.1, 0.15) is 11.9 Å². The van der Waals surface area contributed by atoms with Crippen LogP contribution in [0.4, 0.5) is 0 Å². The standard InChI is InChI=1S/C14H16O3S/c15-13(16)14(5-6-14)10-2-1-3-11(8-10)17-12-4-7-18-9-12/h1-3,8,12H,4-7,9H2,(H,15,16). The van der Waals surface area contributed by atoms with E-state index >= 15 is 0 Å². The Bertz CT molecular complexity index is 462. The van der Waals surface area contributed by atoms with Crippen LogP contribution >= 0.6 is 11.8 Å². The van der Waals surface area contributed by atoms with Crippen molar-refractivity contribution < 1.29 is 14.6 Å². The molecule has 1 unspecified atom stereocenters. The Morgan fingerprint density at radius 3 is 2.89 bits per heavy atom. The van der Waals surface area contributed by atoms with E-state index in [1.807, 2.05) is 36.0 Å². The number of carbonyl (C=O) groups is 1. The van der Waals surface area contributed by atoms with E-state index in [1.165, 1.54) is 0 Å². The van der Waals surface area contributed by atoms with Crippen LogP contribution in [-0.4, -0.2) is 28.7 Å². The van der Waals surface area contributed by atoms with Gasteiger partial charge in [-0.1, -0.05) is 12.1 Å². The first-order valence-electron chi connectivity index (χ1n) is 6.29. The Morgan fingerprint density at radius 1 is 1.44 bits per heavy atom. The van der Waals surface area contributed by atoms with Crippen LogP contribution in [0.25, 0.3) is 0 Å². The third-order valence-corrected chi connectivity index (χ3v) is 4.87. The number of rotatable bonds is 4. The second kappa shape index (κ2) is 4.50. The van der Waals surface area contributed by atoms with Crippen molar-refractivity contribution in [1.29, 1.82) is 0 Å². The fourth-order valence-corrected chi connectivity index (χ4v) is 3.51. The Hall–Kier alpha value is -1.16. The Morgan fingerprint density at radius 2 is 2.28 bits per heavy atom. The molecule has 2 fully saturated rings. The van der Waals surface area contributed by atoms with Crippen molar-refractivity contribution in [3.63, 3.8) is 0 Å². The molecule has 18 heavy (non-hydrogen) atoms. The summed E-state index contributed by atoms with van der Waals surface area (Å²) in [6.45, 7) is 0. The van der Waals surface area contributed by atoms with E-state index in [0.29, 0.717) is 0 Å². The van der Waals surface area contributed by atoms with Gasteiger partial charge in [-0.05, 0) is 42.7 Å². The summed E-state index contributed by atoms with van der Waals surface area (Å²) in [5, 5.41) is 9.29. The zero-order valence-corrected chi connectivity index (χ0v) is 10.9. The molecule has 1 aliphatic carbocycles. The van der Waals surface area contributed by atoms with Gasteiger partial charge < -0.3 is 9.84 Å². The fourth-order valence-electron chi connectivity index (χ4n) is 2.42. The van der Waals surface area contributed by atoms with Crippen LogP contribution in [0.2, 0.25) is 0 Å². The number of aliphatic carboxylic acids is 1. The molecule has 1 heterocycles. The van der Waals surface area contributed by atoms with Gasteiger partial charge in [0, 0.05) is 5.75 Å². The third kappa shape index (κ3) is 2.09. The summed E-state index contributed by atoms with van der Waals surface area (Å²) in [6, 6.07) is 7.63. The molecule has 96 valence electrons. The highest BCUT2D eigenvalue weighted by Gasteiger charge is 2.51. The molecule has 0 amide bonds. The summed E-state index contributed by atoms with van der Waals surface area (Å²) in [5.74, 6) is 2.29. The number of thioether (sulfide) groups is 1. The minimum absolute atomic E-state index is 0.283. The van der Waals surface area contributed by atoms with E-state index in [2.05, 4.69) is 0 Å². The molecule has 1 N–H and O–H groups in total. The van der Waals surface area contributed by atoms with Crippen LogP contribution in [0.3, 0.4) is 0 Å². The maximum absolute atomic E-state index is 11.3. The van der Waals surface area contributed by atoms with Gasteiger partial charge in [0.05, 0.1) is 5.41 Å². The summed E-state index contributed by atoms with van der Waals surface area (Å²) in [6.07, 6.45) is 2.85. The molecule has 1 atom stereocenters. The Balaban J connectivity index is 1.79. The lowest BCUT2D eigenvalue weighted by atomic mass is 9.96. The molecule has 2 aliphatic rings. The van der Waals surface area contributed by atoms with Gasteiger partial charge in [0.2, 0.25) is 0 Å². The minimum Gasteiger partial charge on any atom is -0.490 e. The molecule has 3 nitrogen and oxygen atoms in total. The van der Waals surface area contributed by atoms with Crippen molar-refractivity contribution in [3.05, 3.63) is 29.8 Å². The van der Waals surface area contributed by atoms with E-state index in [9.17, 15) is 9.90 Å². The highest BCUT2D eigenvalue weighted by atomic mass is 32.2. The average Bonchev–Trinajstić information content (AvgIpc) is 3.04. The first kappa shape index (κ1) is 11.9. The lowest BCUT2D eigenvalue weighted by Gasteiger charge is -2.15. The fraction of sp³-hybridized carbons (Fsp3) is 0.500. The van der Waals surface area contributed by atoms with E-state index in [1.54, 1.807) is 0 Å². The highest BCUT2D eigenvalue weighted by Crippen LogP contribution is 2.49. The van der Waals surface area contributed by atoms with Crippen LogP contribution in [0.5, 0.6) is 5.75 Å². The first-order valence-corrected chi connectivity index (χ1v) is 7.44. The molecule has 1 aliphatic heterocycles. The monoisotopic (exact) mass is 264 g/mol.